The van der Waals surface area contributed by atoms with Crippen LogP contribution in [0.2, 0.25) is 0 Å². The summed E-state index contributed by atoms with van der Waals surface area (Å²) in [6.45, 7) is 4.25. The molecule has 5 nitrogen and oxygen atoms in total. The topological polar surface area (TPSA) is 57.1 Å². The van der Waals surface area contributed by atoms with Gasteiger partial charge in [0.2, 0.25) is 0 Å². The van der Waals surface area contributed by atoms with Crippen LogP contribution in [-0.4, -0.2) is 21.8 Å². The molecule has 0 spiro atoms. The van der Waals surface area contributed by atoms with E-state index in [1.165, 1.54) is 5.56 Å². The molecule has 1 amide bonds. The number of fused-ring (bicyclic) bond motifs is 2. The van der Waals surface area contributed by atoms with Crippen LogP contribution < -0.4 is 15.9 Å². The van der Waals surface area contributed by atoms with E-state index in [1.54, 1.807) is 16.8 Å². The number of thioether (sulfide) groups is 1. The molecule has 1 atom stereocenters. The number of amidine groups is 1. The number of nitrogens with zero attached hydrogens (tertiary/aromatic N) is 3. The van der Waals surface area contributed by atoms with Crippen molar-refractivity contribution in [1.82, 2.24) is 10.3 Å². The van der Waals surface area contributed by atoms with Crippen molar-refractivity contribution in [3.8, 4) is 0 Å². The summed E-state index contributed by atoms with van der Waals surface area (Å²) < 4.78 is 0. The molecule has 2 aromatic rings. The standard InChI is InChI=1S/C21H22N4OS/c1-3-13-27-21-23-20(26)18-16-7-5-6-8-17(16)22-19(25(18)24-21)15-11-9-14(4-2)10-12-15/h5-12,19H,3-4,13H2,1-2H3,(H,23,24,26)/t19-/m0/s1. The Labute approximate surface area is 162 Å². The van der Waals surface area contributed by atoms with E-state index >= 15 is 0 Å². The molecule has 0 saturated carbocycles. The van der Waals surface area contributed by atoms with Crippen LogP contribution in [-0.2, 0) is 11.2 Å². The molecule has 0 fully saturated rings. The van der Waals surface area contributed by atoms with E-state index in [1.807, 2.05) is 24.3 Å². The van der Waals surface area contributed by atoms with Crippen molar-refractivity contribution < 1.29 is 4.79 Å². The van der Waals surface area contributed by atoms with Gasteiger partial charge in [0.1, 0.15) is 5.70 Å². The highest BCUT2D eigenvalue weighted by molar-refractivity contribution is 8.13. The summed E-state index contributed by atoms with van der Waals surface area (Å²) in [5.74, 6) is 0.785. The third-order valence-electron chi connectivity index (χ3n) is 4.64. The van der Waals surface area contributed by atoms with Crippen LogP contribution in [0.5, 0.6) is 0 Å². The van der Waals surface area contributed by atoms with Gasteiger partial charge in [-0.25, -0.2) is 5.01 Å². The lowest BCUT2D eigenvalue weighted by Crippen LogP contribution is -2.50. The number of hydrogen-bond acceptors (Lipinski definition) is 5. The maximum absolute atomic E-state index is 12.9. The average Bonchev–Trinajstić information content (AvgIpc) is 2.71. The summed E-state index contributed by atoms with van der Waals surface area (Å²) in [7, 11) is 0. The van der Waals surface area contributed by atoms with Crippen molar-refractivity contribution in [2.75, 3.05) is 5.75 Å². The Kier molecular flexibility index (Phi) is 4.99. The fourth-order valence-corrected chi connectivity index (χ4v) is 3.94. The molecule has 2 aliphatic heterocycles. The van der Waals surface area contributed by atoms with Gasteiger partial charge in [0.05, 0.1) is 5.36 Å². The van der Waals surface area contributed by atoms with Crippen LogP contribution in [0.1, 0.15) is 37.6 Å². The molecule has 0 bridgehead atoms. The Balaban J connectivity index is 1.86. The number of hydrogen-bond donors (Lipinski definition) is 1. The molecule has 0 radical (unpaired) electrons. The summed E-state index contributed by atoms with van der Waals surface area (Å²) in [5.41, 5.74) is 2.86. The molecule has 2 aromatic carbocycles. The molecule has 138 valence electrons. The Hall–Kier alpha value is -2.60. The molecule has 27 heavy (non-hydrogen) atoms. The molecule has 0 saturated heterocycles. The van der Waals surface area contributed by atoms with Gasteiger partial charge in [-0.1, -0.05) is 68.1 Å². The Morgan fingerprint density at radius 3 is 2.63 bits per heavy atom. The molecule has 2 heterocycles. The fraction of sp³-hybridized carbons (Fsp3) is 0.286. The normalized spacial score (nSPS) is 18.2. The van der Waals surface area contributed by atoms with E-state index in [0.29, 0.717) is 10.9 Å². The minimum Gasteiger partial charge on any atom is -0.298 e. The van der Waals surface area contributed by atoms with Gasteiger partial charge in [0.25, 0.3) is 5.91 Å². The average molecular weight is 379 g/mol. The number of aryl methyl sites for hydroxylation is 1. The van der Waals surface area contributed by atoms with E-state index in [4.69, 9.17) is 10.1 Å². The van der Waals surface area contributed by atoms with Gasteiger partial charge in [0, 0.05) is 11.0 Å². The highest BCUT2D eigenvalue weighted by Crippen LogP contribution is 2.30. The summed E-state index contributed by atoms with van der Waals surface area (Å²) >= 11 is 1.56. The maximum atomic E-state index is 12.9. The molecule has 0 aromatic heterocycles. The quantitative estimate of drug-likeness (QED) is 0.890. The van der Waals surface area contributed by atoms with Crippen molar-refractivity contribution >= 4 is 28.5 Å². The number of para-hydroxylation sites is 1. The third-order valence-corrected chi connectivity index (χ3v) is 5.71. The number of carbonyl (C=O) groups is 1. The predicted molar refractivity (Wildman–Crippen MR) is 109 cm³/mol. The van der Waals surface area contributed by atoms with Crippen LogP contribution >= 0.6 is 11.8 Å². The van der Waals surface area contributed by atoms with Crippen LogP contribution in [0.15, 0.2) is 58.6 Å². The Morgan fingerprint density at radius 1 is 1.11 bits per heavy atom. The van der Waals surface area contributed by atoms with E-state index in [-0.39, 0.29) is 12.1 Å². The second-order valence-electron chi connectivity index (χ2n) is 6.52. The first-order chi connectivity index (χ1) is 13.2. The van der Waals surface area contributed by atoms with Crippen molar-refractivity contribution in [3.05, 3.63) is 70.2 Å². The maximum Gasteiger partial charge on any atom is 0.276 e. The molecule has 6 heteroatoms. The summed E-state index contributed by atoms with van der Waals surface area (Å²) in [5, 5.41) is 11.7. The van der Waals surface area contributed by atoms with Crippen LogP contribution in [0, 0.1) is 0 Å². The zero-order valence-electron chi connectivity index (χ0n) is 15.5. The number of amides is 1. The Bertz CT molecular complexity index is 1010. The van der Waals surface area contributed by atoms with E-state index in [0.717, 1.165) is 34.7 Å². The fourth-order valence-electron chi connectivity index (χ4n) is 3.23. The van der Waals surface area contributed by atoms with Gasteiger partial charge in [-0.15, -0.1) is 5.10 Å². The minimum atomic E-state index is -0.343. The summed E-state index contributed by atoms with van der Waals surface area (Å²) in [6.07, 6.45) is 1.67. The first-order valence-electron chi connectivity index (χ1n) is 9.29. The number of carbonyl (C=O) groups excluding carboxylic acids is 1. The molecule has 0 aliphatic carbocycles. The number of nitrogens with one attached hydrogen (secondary N) is 1. The lowest BCUT2D eigenvalue weighted by atomic mass is 10.1. The van der Waals surface area contributed by atoms with Crippen LogP contribution in [0.25, 0.3) is 5.70 Å². The van der Waals surface area contributed by atoms with Gasteiger partial charge in [-0.3, -0.25) is 15.1 Å². The molecular weight excluding hydrogens is 356 g/mol. The lowest BCUT2D eigenvalue weighted by molar-refractivity contribution is -0.116. The van der Waals surface area contributed by atoms with Crippen LogP contribution in [0.3, 0.4) is 0 Å². The van der Waals surface area contributed by atoms with Crippen molar-refractivity contribution in [3.63, 3.8) is 0 Å². The number of benzene rings is 2. The highest BCUT2D eigenvalue weighted by Gasteiger charge is 2.34. The first-order valence-corrected chi connectivity index (χ1v) is 10.3. The minimum absolute atomic E-state index is 0.124. The zero-order valence-corrected chi connectivity index (χ0v) is 16.3. The van der Waals surface area contributed by atoms with Gasteiger partial charge < -0.3 is 0 Å². The summed E-state index contributed by atoms with van der Waals surface area (Å²) in [6, 6.07) is 16.1. The third kappa shape index (κ3) is 3.37. The molecular formula is C21H22N4OS. The van der Waals surface area contributed by atoms with Gasteiger partial charge in [-0.2, -0.15) is 0 Å². The lowest BCUT2D eigenvalue weighted by Gasteiger charge is -2.34. The van der Waals surface area contributed by atoms with Gasteiger partial charge in [0.15, 0.2) is 11.3 Å². The molecule has 1 N–H and O–H groups in total. The zero-order chi connectivity index (χ0) is 18.8. The molecule has 4 rings (SSSR count). The van der Waals surface area contributed by atoms with E-state index in [9.17, 15) is 4.79 Å². The van der Waals surface area contributed by atoms with E-state index < -0.39 is 0 Å². The highest BCUT2D eigenvalue weighted by atomic mass is 32.2. The van der Waals surface area contributed by atoms with Crippen molar-refractivity contribution in [2.45, 2.75) is 32.9 Å². The predicted octanol–water partition coefficient (Wildman–Crippen LogP) is 2.54. The van der Waals surface area contributed by atoms with E-state index in [2.05, 4.69) is 43.4 Å². The van der Waals surface area contributed by atoms with Crippen molar-refractivity contribution in [1.29, 1.82) is 0 Å². The SMILES string of the molecule is CCCSC1=NN2C(=c3ccccc3=N[C@@H]2c2ccc(CC)cc2)C(=O)N1. The Morgan fingerprint density at radius 2 is 1.89 bits per heavy atom. The second-order valence-corrected chi connectivity index (χ2v) is 7.60. The molecule has 0 unspecified atom stereocenters. The van der Waals surface area contributed by atoms with Crippen LogP contribution in [0.4, 0.5) is 0 Å². The smallest absolute Gasteiger partial charge is 0.276 e. The summed E-state index contributed by atoms with van der Waals surface area (Å²) in [4.78, 5) is 17.8. The monoisotopic (exact) mass is 378 g/mol. The largest absolute Gasteiger partial charge is 0.298 e. The van der Waals surface area contributed by atoms with Gasteiger partial charge >= 0.3 is 0 Å². The second kappa shape index (κ2) is 7.56. The first kappa shape index (κ1) is 17.8. The number of hydrazone groups is 1. The van der Waals surface area contributed by atoms with Crippen molar-refractivity contribution in [2.24, 2.45) is 10.1 Å². The van der Waals surface area contributed by atoms with Gasteiger partial charge in [-0.05, 0) is 30.0 Å². The number of rotatable bonds is 4. The molecule has 2 aliphatic rings.